The SMILES string of the molecule is O=C(/C=C/c1ccc(F)cc1)NCc1ccc(CNC(=O)/C=C/c2ccc(F)cc2)cc1. The molecule has 0 bridgehead atoms. The van der Waals surface area contributed by atoms with Crippen molar-refractivity contribution < 1.29 is 18.4 Å². The van der Waals surface area contributed by atoms with E-state index in [1.165, 1.54) is 36.4 Å². The molecule has 3 aromatic rings. The molecule has 0 aliphatic heterocycles. The van der Waals surface area contributed by atoms with Crippen LogP contribution in [0, 0.1) is 11.6 Å². The van der Waals surface area contributed by atoms with Crippen LogP contribution in [0.3, 0.4) is 0 Å². The molecule has 3 aromatic carbocycles. The molecule has 0 unspecified atom stereocenters. The third-order valence-electron chi connectivity index (χ3n) is 4.55. The van der Waals surface area contributed by atoms with Gasteiger partial charge in [-0.15, -0.1) is 0 Å². The van der Waals surface area contributed by atoms with Crippen LogP contribution in [0.5, 0.6) is 0 Å². The highest BCUT2D eigenvalue weighted by molar-refractivity contribution is 5.92. The van der Waals surface area contributed by atoms with Crippen LogP contribution in [-0.4, -0.2) is 11.8 Å². The Morgan fingerprint density at radius 2 is 0.938 bits per heavy atom. The van der Waals surface area contributed by atoms with E-state index in [1.807, 2.05) is 24.3 Å². The fourth-order valence-corrected chi connectivity index (χ4v) is 2.76. The van der Waals surface area contributed by atoms with Crippen LogP contribution in [0.2, 0.25) is 0 Å². The van der Waals surface area contributed by atoms with Gasteiger partial charge < -0.3 is 10.6 Å². The molecule has 162 valence electrons. The van der Waals surface area contributed by atoms with Gasteiger partial charge in [-0.3, -0.25) is 9.59 Å². The lowest BCUT2D eigenvalue weighted by atomic mass is 10.1. The molecule has 3 rings (SSSR count). The summed E-state index contributed by atoms with van der Waals surface area (Å²) in [6.07, 6.45) is 6.03. The number of nitrogens with one attached hydrogen (secondary N) is 2. The highest BCUT2D eigenvalue weighted by atomic mass is 19.1. The molecule has 0 aliphatic carbocycles. The molecule has 0 aliphatic rings. The van der Waals surface area contributed by atoms with Crippen molar-refractivity contribution in [3.63, 3.8) is 0 Å². The molecule has 0 heterocycles. The number of hydrogen-bond donors (Lipinski definition) is 2. The molecule has 4 nitrogen and oxygen atoms in total. The number of rotatable bonds is 8. The Labute approximate surface area is 185 Å². The zero-order valence-electron chi connectivity index (χ0n) is 17.2. The van der Waals surface area contributed by atoms with Gasteiger partial charge in [-0.1, -0.05) is 48.5 Å². The summed E-state index contributed by atoms with van der Waals surface area (Å²) in [5.74, 6) is -1.15. The molecular weight excluding hydrogens is 410 g/mol. The summed E-state index contributed by atoms with van der Waals surface area (Å²) in [4.78, 5) is 23.9. The largest absolute Gasteiger partial charge is 0.348 e. The predicted octanol–water partition coefficient (Wildman–Crippen LogP) is 4.62. The van der Waals surface area contributed by atoms with Gasteiger partial charge in [-0.25, -0.2) is 8.78 Å². The first-order chi connectivity index (χ1) is 15.5. The maximum Gasteiger partial charge on any atom is 0.244 e. The Hall–Kier alpha value is -4.06. The van der Waals surface area contributed by atoms with Gasteiger partial charge in [-0.2, -0.15) is 0 Å². The molecule has 0 aromatic heterocycles. The van der Waals surface area contributed by atoms with Crippen molar-refractivity contribution in [2.75, 3.05) is 0 Å². The smallest absolute Gasteiger partial charge is 0.244 e. The third-order valence-corrected chi connectivity index (χ3v) is 4.55. The molecular formula is C26H22F2N2O2. The van der Waals surface area contributed by atoms with Crippen molar-refractivity contribution in [1.82, 2.24) is 10.6 Å². The first-order valence-electron chi connectivity index (χ1n) is 9.99. The molecule has 6 heteroatoms. The minimum atomic E-state index is -0.323. The molecule has 0 saturated heterocycles. The van der Waals surface area contributed by atoms with E-state index < -0.39 is 0 Å². The van der Waals surface area contributed by atoms with Crippen molar-refractivity contribution in [2.45, 2.75) is 13.1 Å². The highest BCUT2D eigenvalue weighted by Crippen LogP contribution is 2.07. The second-order valence-corrected chi connectivity index (χ2v) is 7.02. The Morgan fingerprint density at radius 1 is 0.594 bits per heavy atom. The van der Waals surface area contributed by atoms with Gasteiger partial charge in [0.05, 0.1) is 0 Å². The van der Waals surface area contributed by atoms with Crippen molar-refractivity contribution in [1.29, 1.82) is 0 Å². The first kappa shape index (κ1) is 22.6. The fraction of sp³-hybridized carbons (Fsp3) is 0.0769. The maximum atomic E-state index is 12.9. The number of halogens is 2. The normalized spacial score (nSPS) is 11.1. The molecule has 2 amide bonds. The van der Waals surface area contributed by atoms with E-state index in [4.69, 9.17) is 0 Å². The average molecular weight is 432 g/mol. The number of carbonyl (C=O) groups excluding carboxylic acids is 2. The average Bonchev–Trinajstić information content (AvgIpc) is 2.81. The van der Waals surface area contributed by atoms with Crippen LogP contribution in [0.15, 0.2) is 84.9 Å². The van der Waals surface area contributed by atoms with E-state index in [-0.39, 0.29) is 23.4 Å². The summed E-state index contributed by atoms with van der Waals surface area (Å²) in [6, 6.07) is 19.2. The van der Waals surface area contributed by atoms with Gasteiger partial charge >= 0.3 is 0 Å². The quantitative estimate of drug-likeness (QED) is 0.510. The Balaban J connectivity index is 1.41. The summed E-state index contributed by atoms with van der Waals surface area (Å²) in [6.45, 7) is 0.722. The first-order valence-corrected chi connectivity index (χ1v) is 9.99. The third kappa shape index (κ3) is 7.65. The maximum absolute atomic E-state index is 12.9. The van der Waals surface area contributed by atoms with E-state index in [0.717, 1.165) is 22.3 Å². The topological polar surface area (TPSA) is 58.2 Å². The molecule has 0 fully saturated rings. The van der Waals surface area contributed by atoms with Crippen LogP contribution in [0.25, 0.3) is 12.2 Å². The summed E-state index contributed by atoms with van der Waals surface area (Å²) < 4.78 is 25.8. The van der Waals surface area contributed by atoms with Crippen molar-refractivity contribution in [2.24, 2.45) is 0 Å². The van der Waals surface area contributed by atoms with Crippen molar-refractivity contribution in [3.8, 4) is 0 Å². The molecule has 0 atom stereocenters. The van der Waals surface area contributed by atoms with Gasteiger partial charge in [-0.05, 0) is 58.7 Å². The van der Waals surface area contributed by atoms with E-state index in [1.54, 1.807) is 36.4 Å². The van der Waals surface area contributed by atoms with Crippen LogP contribution in [0.1, 0.15) is 22.3 Å². The lowest BCUT2D eigenvalue weighted by molar-refractivity contribution is -0.117. The van der Waals surface area contributed by atoms with Gasteiger partial charge in [0.15, 0.2) is 0 Å². The summed E-state index contributed by atoms with van der Waals surface area (Å²) in [7, 11) is 0. The molecule has 2 N–H and O–H groups in total. The van der Waals surface area contributed by atoms with Gasteiger partial charge in [0, 0.05) is 25.2 Å². The zero-order valence-corrected chi connectivity index (χ0v) is 17.2. The summed E-state index contributed by atoms with van der Waals surface area (Å²) in [5, 5.41) is 5.57. The summed E-state index contributed by atoms with van der Waals surface area (Å²) in [5.41, 5.74) is 3.31. The Morgan fingerprint density at radius 3 is 1.28 bits per heavy atom. The van der Waals surface area contributed by atoms with E-state index in [0.29, 0.717) is 13.1 Å². The van der Waals surface area contributed by atoms with Crippen molar-refractivity contribution >= 4 is 24.0 Å². The molecule has 0 spiro atoms. The van der Waals surface area contributed by atoms with Gasteiger partial charge in [0.1, 0.15) is 11.6 Å². The monoisotopic (exact) mass is 432 g/mol. The summed E-state index contributed by atoms with van der Waals surface area (Å²) >= 11 is 0. The standard InChI is InChI=1S/C26H22F2N2O2/c27-23-11-5-19(6-12-23)9-15-25(31)29-17-21-1-2-22(4-3-21)18-30-26(32)16-10-20-7-13-24(28)14-8-20/h1-16H,17-18H2,(H,29,31)(H,30,32)/b15-9+,16-10+. The number of hydrogen-bond acceptors (Lipinski definition) is 2. The van der Waals surface area contributed by atoms with Gasteiger partial charge in [0.25, 0.3) is 0 Å². The second kappa shape index (κ2) is 11.4. The lowest BCUT2D eigenvalue weighted by Crippen LogP contribution is -2.21. The zero-order chi connectivity index (χ0) is 22.8. The second-order valence-electron chi connectivity index (χ2n) is 7.02. The van der Waals surface area contributed by atoms with Gasteiger partial charge in [0.2, 0.25) is 11.8 Å². The van der Waals surface area contributed by atoms with Crippen molar-refractivity contribution in [3.05, 3.63) is 119 Å². The molecule has 32 heavy (non-hydrogen) atoms. The van der Waals surface area contributed by atoms with E-state index in [9.17, 15) is 18.4 Å². The van der Waals surface area contributed by atoms with Crippen LogP contribution in [0.4, 0.5) is 8.78 Å². The Kier molecular flexibility index (Phi) is 8.03. The van der Waals surface area contributed by atoms with Crippen LogP contribution in [-0.2, 0) is 22.7 Å². The van der Waals surface area contributed by atoms with Crippen LogP contribution < -0.4 is 10.6 Å². The fourth-order valence-electron chi connectivity index (χ4n) is 2.76. The minimum absolute atomic E-state index is 0.251. The number of amides is 2. The molecule has 0 radical (unpaired) electrons. The van der Waals surface area contributed by atoms with E-state index in [2.05, 4.69) is 10.6 Å². The highest BCUT2D eigenvalue weighted by Gasteiger charge is 2.00. The number of carbonyl (C=O) groups is 2. The lowest BCUT2D eigenvalue weighted by Gasteiger charge is -2.06. The number of benzene rings is 3. The predicted molar refractivity (Wildman–Crippen MR) is 121 cm³/mol. The Bertz CT molecular complexity index is 1010. The molecule has 0 saturated carbocycles. The van der Waals surface area contributed by atoms with Crippen LogP contribution >= 0.6 is 0 Å². The minimum Gasteiger partial charge on any atom is -0.348 e. The van der Waals surface area contributed by atoms with E-state index >= 15 is 0 Å².